The van der Waals surface area contributed by atoms with Crippen molar-refractivity contribution in [2.45, 2.75) is 43.9 Å². The van der Waals surface area contributed by atoms with Gasteiger partial charge in [0.25, 0.3) is 0 Å². The zero-order chi connectivity index (χ0) is 17.7. The van der Waals surface area contributed by atoms with Gasteiger partial charge in [-0.2, -0.15) is 10.2 Å². The van der Waals surface area contributed by atoms with Crippen molar-refractivity contribution in [3.63, 3.8) is 0 Å². The van der Waals surface area contributed by atoms with Gasteiger partial charge in [-0.1, -0.05) is 12.1 Å². The molecule has 1 fully saturated rings. The Morgan fingerprint density at radius 2 is 2.28 bits per heavy atom. The molecule has 0 spiro atoms. The van der Waals surface area contributed by atoms with Crippen LogP contribution in [0.15, 0.2) is 34.5 Å². The maximum atomic E-state index is 13.4. The molecule has 0 unspecified atom stereocenters. The number of halogens is 1. The summed E-state index contributed by atoms with van der Waals surface area (Å²) < 4.78 is 19.1. The average Bonchev–Trinajstić information content (AvgIpc) is 3.40. The first-order valence-corrected chi connectivity index (χ1v) is 8.64. The lowest BCUT2D eigenvalue weighted by Crippen LogP contribution is -2.36. The van der Waals surface area contributed by atoms with Crippen molar-refractivity contribution in [3.8, 4) is 12.3 Å². The third-order valence-corrected chi connectivity index (χ3v) is 4.75. The average molecular weight is 343 g/mol. The van der Waals surface area contributed by atoms with E-state index in [-0.39, 0.29) is 29.4 Å². The zero-order valence-corrected chi connectivity index (χ0v) is 14.1. The number of amides is 1. The molecule has 2 aliphatic rings. The molecule has 1 amide bonds. The van der Waals surface area contributed by atoms with E-state index in [0.29, 0.717) is 38.8 Å². The Morgan fingerprint density at radius 3 is 3.00 bits per heavy atom. The van der Waals surface area contributed by atoms with E-state index in [1.807, 2.05) is 6.07 Å². The molecule has 2 heterocycles. The van der Waals surface area contributed by atoms with Crippen LogP contribution in [-0.4, -0.2) is 24.7 Å². The van der Waals surface area contributed by atoms with Gasteiger partial charge in [-0.25, -0.2) is 4.39 Å². The van der Waals surface area contributed by atoms with Crippen LogP contribution in [0.4, 0.5) is 4.39 Å². The van der Waals surface area contributed by atoms with E-state index < -0.39 is 0 Å². The molecule has 2 aliphatic heterocycles. The number of benzene rings is 1. The molecule has 132 valence electrons. The number of nitrogens with one attached hydrogen (secondary N) is 1. The Morgan fingerprint density at radius 1 is 1.44 bits per heavy atom. The van der Waals surface area contributed by atoms with E-state index in [1.165, 1.54) is 12.1 Å². The summed E-state index contributed by atoms with van der Waals surface area (Å²) in [7, 11) is 0. The minimum atomic E-state index is -0.376. The number of hydrogen-bond donors (Lipinski definition) is 1. The predicted molar refractivity (Wildman–Crippen MR) is 91.1 cm³/mol. The minimum absolute atomic E-state index is 0.0115. The summed E-state index contributed by atoms with van der Waals surface area (Å²) in [6.07, 6.45) is 8.31. The van der Waals surface area contributed by atoms with E-state index in [0.717, 1.165) is 12.0 Å². The summed E-state index contributed by atoms with van der Waals surface area (Å²) in [5, 5.41) is 11.1. The van der Waals surface area contributed by atoms with Crippen LogP contribution < -0.4 is 5.32 Å². The van der Waals surface area contributed by atoms with E-state index >= 15 is 0 Å². The summed E-state index contributed by atoms with van der Waals surface area (Å²) in [4.78, 5) is 12.4. The van der Waals surface area contributed by atoms with Gasteiger partial charge in [-0.3, -0.25) is 4.79 Å². The van der Waals surface area contributed by atoms with Crippen LogP contribution in [-0.2, 0) is 9.53 Å². The normalized spacial score (nSPS) is 23.7. The smallest absolute Gasteiger partial charge is 0.223 e. The monoisotopic (exact) mass is 343 g/mol. The first kappa shape index (κ1) is 17.6. The molecule has 0 saturated carbocycles. The Kier molecular flexibility index (Phi) is 5.44. The van der Waals surface area contributed by atoms with Crippen molar-refractivity contribution >= 4 is 5.91 Å². The third kappa shape index (κ3) is 4.64. The highest BCUT2D eigenvalue weighted by Gasteiger charge is 2.39. The number of rotatable bonds is 7. The summed E-state index contributed by atoms with van der Waals surface area (Å²) in [5.74, 6) is 2.18. The first-order chi connectivity index (χ1) is 12.1. The highest BCUT2D eigenvalue weighted by atomic mass is 19.1. The van der Waals surface area contributed by atoms with E-state index in [1.54, 1.807) is 6.07 Å². The SMILES string of the molecule is C#CCCC1(CCNC(=O)[C@@H]2CCO[C@H](c3cccc(F)c3)C2)N=N1. The molecular formula is C19H22FN3O2. The van der Waals surface area contributed by atoms with Crippen LogP contribution in [0.1, 0.15) is 43.8 Å². The van der Waals surface area contributed by atoms with E-state index in [4.69, 9.17) is 11.2 Å². The van der Waals surface area contributed by atoms with Gasteiger partial charge >= 0.3 is 0 Å². The highest BCUT2D eigenvalue weighted by molar-refractivity contribution is 5.78. The van der Waals surface area contributed by atoms with Crippen LogP contribution in [0, 0.1) is 24.1 Å². The number of terminal acetylenes is 1. The Hall–Kier alpha value is -2.26. The van der Waals surface area contributed by atoms with Crippen molar-refractivity contribution in [3.05, 3.63) is 35.6 Å². The Labute approximate surface area is 147 Å². The summed E-state index contributed by atoms with van der Waals surface area (Å²) in [6, 6.07) is 6.37. The van der Waals surface area contributed by atoms with Crippen LogP contribution in [0.2, 0.25) is 0 Å². The zero-order valence-electron chi connectivity index (χ0n) is 14.1. The molecule has 1 saturated heterocycles. The van der Waals surface area contributed by atoms with Gasteiger partial charge in [0, 0.05) is 38.3 Å². The van der Waals surface area contributed by atoms with Crippen molar-refractivity contribution in [2.24, 2.45) is 16.1 Å². The lowest BCUT2D eigenvalue weighted by Gasteiger charge is -2.29. The fourth-order valence-electron chi connectivity index (χ4n) is 3.17. The topological polar surface area (TPSA) is 63.0 Å². The fourth-order valence-corrected chi connectivity index (χ4v) is 3.17. The molecule has 0 aliphatic carbocycles. The number of nitrogens with zero attached hydrogens (tertiary/aromatic N) is 2. The van der Waals surface area contributed by atoms with Crippen molar-refractivity contribution < 1.29 is 13.9 Å². The van der Waals surface area contributed by atoms with Crippen molar-refractivity contribution in [2.75, 3.05) is 13.2 Å². The number of carbonyl (C=O) groups excluding carboxylic acids is 1. The molecule has 0 aromatic heterocycles. The molecule has 6 heteroatoms. The van der Waals surface area contributed by atoms with Crippen LogP contribution in [0.3, 0.4) is 0 Å². The lowest BCUT2D eigenvalue weighted by atomic mass is 9.91. The molecule has 0 radical (unpaired) electrons. The van der Waals surface area contributed by atoms with Crippen molar-refractivity contribution in [1.82, 2.24) is 5.32 Å². The molecule has 1 N–H and O–H groups in total. The fraction of sp³-hybridized carbons (Fsp3) is 0.526. The maximum absolute atomic E-state index is 13.4. The van der Waals surface area contributed by atoms with Gasteiger partial charge in [-0.05, 0) is 30.5 Å². The number of ether oxygens (including phenoxy) is 1. The van der Waals surface area contributed by atoms with E-state index in [2.05, 4.69) is 21.5 Å². The Balaban J connectivity index is 1.47. The van der Waals surface area contributed by atoms with Gasteiger partial charge < -0.3 is 10.1 Å². The highest BCUT2D eigenvalue weighted by Crippen LogP contribution is 2.36. The molecule has 1 aromatic rings. The van der Waals surface area contributed by atoms with Gasteiger partial charge in [-0.15, -0.1) is 12.3 Å². The summed E-state index contributed by atoms with van der Waals surface area (Å²) >= 11 is 0. The molecule has 5 nitrogen and oxygen atoms in total. The van der Waals surface area contributed by atoms with Gasteiger partial charge in [0.15, 0.2) is 5.66 Å². The third-order valence-electron chi connectivity index (χ3n) is 4.75. The lowest BCUT2D eigenvalue weighted by molar-refractivity contribution is -0.130. The number of carbonyl (C=O) groups is 1. The van der Waals surface area contributed by atoms with Crippen LogP contribution >= 0.6 is 0 Å². The molecular weight excluding hydrogens is 321 g/mol. The largest absolute Gasteiger partial charge is 0.373 e. The second-order valence-electron chi connectivity index (χ2n) is 6.56. The standard InChI is InChI=1S/C19H22FN3O2/c1-2-3-8-19(22-23-19)9-10-21-18(24)15-7-11-25-17(13-15)14-5-4-6-16(20)12-14/h1,4-6,12,15,17H,3,7-11,13H2,(H,21,24)/t15-,17+/m1/s1. The molecule has 0 bridgehead atoms. The summed E-state index contributed by atoms with van der Waals surface area (Å²) in [5.41, 5.74) is 0.403. The maximum Gasteiger partial charge on any atom is 0.223 e. The predicted octanol–water partition coefficient (Wildman–Crippen LogP) is 3.38. The van der Waals surface area contributed by atoms with Crippen LogP contribution in [0.5, 0.6) is 0 Å². The Bertz CT molecular complexity index is 692. The van der Waals surface area contributed by atoms with Gasteiger partial charge in [0.2, 0.25) is 5.91 Å². The second-order valence-corrected chi connectivity index (χ2v) is 6.56. The van der Waals surface area contributed by atoms with Crippen LogP contribution in [0.25, 0.3) is 0 Å². The first-order valence-electron chi connectivity index (χ1n) is 8.64. The van der Waals surface area contributed by atoms with Gasteiger partial charge in [0.1, 0.15) is 5.82 Å². The van der Waals surface area contributed by atoms with Gasteiger partial charge in [0.05, 0.1) is 6.10 Å². The number of hydrogen-bond acceptors (Lipinski definition) is 4. The second kappa shape index (κ2) is 7.75. The molecule has 25 heavy (non-hydrogen) atoms. The summed E-state index contributed by atoms with van der Waals surface area (Å²) in [6.45, 7) is 1.02. The molecule has 2 atom stereocenters. The molecule has 3 rings (SSSR count). The minimum Gasteiger partial charge on any atom is -0.373 e. The van der Waals surface area contributed by atoms with E-state index in [9.17, 15) is 9.18 Å². The van der Waals surface area contributed by atoms with Crippen molar-refractivity contribution in [1.29, 1.82) is 0 Å². The quantitative estimate of drug-likeness (QED) is 0.772. The molecule has 1 aromatic carbocycles.